The molecule has 1 N–H and O–H groups in total. The highest BCUT2D eigenvalue weighted by molar-refractivity contribution is 5.84. The second kappa shape index (κ2) is 11.0. The van der Waals surface area contributed by atoms with Gasteiger partial charge in [0, 0.05) is 31.2 Å². The molecule has 0 aliphatic carbocycles. The first-order valence-corrected chi connectivity index (χ1v) is 12.2. The van der Waals surface area contributed by atoms with Gasteiger partial charge in [-0.3, -0.25) is 4.48 Å². The molecule has 35 heavy (non-hydrogen) atoms. The number of carbonyl (C=O) groups is 1. The van der Waals surface area contributed by atoms with Gasteiger partial charge in [0.25, 0.3) is 0 Å². The molecule has 3 saturated heterocycles. The quantitative estimate of drug-likeness (QED) is 0.252. The number of rotatable bonds is 9. The van der Waals surface area contributed by atoms with E-state index in [2.05, 4.69) is 0 Å². The highest BCUT2D eigenvalue weighted by Crippen LogP contribution is 2.41. The zero-order valence-corrected chi connectivity index (χ0v) is 21.3. The van der Waals surface area contributed by atoms with Gasteiger partial charge in [-0.1, -0.05) is 48.5 Å². The summed E-state index contributed by atoms with van der Waals surface area (Å²) >= 11 is 0. The Hall–Kier alpha value is -2.61. The summed E-state index contributed by atoms with van der Waals surface area (Å²) in [6, 6.07) is 22.0. The lowest BCUT2D eigenvalue weighted by atomic mass is 9.84. The van der Waals surface area contributed by atoms with E-state index >= 15 is 0 Å². The summed E-state index contributed by atoms with van der Waals surface area (Å²) in [7, 11) is 0. The number of quaternary nitrogens is 1. The normalized spacial score (nSPS) is 24.7. The van der Waals surface area contributed by atoms with Crippen LogP contribution in [0.3, 0.4) is 0 Å². The first-order chi connectivity index (χ1) is 16.6. The topological polar surface area (TPSA) is 68.9 Å². The summed E-state index contributed by atoms with van der Waals surface area (Å²) in [6.07, 6.45) is 5.18. The summed E-state index contributed by atoms with van der Waals surface area (Å²) in [5.74, 6) is 0.924. The monoisotopic (exact) mass is 541 g/mol. The van der Waals surface area contributed by atoms with Crippen molar-refractivity contribution in [3.8, 4) is 5.75 Å². The zero-order chi connectivity index (χ0) is 23.4. The van der Waals surface area contributed by atoms with Crippen LogP contribution in [0.5, 0.6) is 5.75 Å². The van der Waals surface area contributed by atoms with Crippen LogP contribution in [-0.4, -0.2) is 48.0 Å². The van der Waals surface area contributed by atoms with Crippen molar-refractivity contribution in [1.29, 1.82) is 0 Å². The second-order valence-corrected chi connectivity index (χ2v) is 9.50. The molecule has 0 amide bonds. The van der Waals surface area contributed by atoms with Crippen LogP contribution in [0.2, 0.25) is 0 Å². The lowest BCUT2D eigenvalue weighted by Crippen LogP contribution is -3.00. The molecule has 0 radical (unpaired) electrons. The number of nitrogens with zero attached hydrogens (tertiary/aromatic N) is 1. The van der Waals surface area contributed by atoms with Crippen molar-refractivity contribution >= 4 is 5.97 Å². The lowest BCUT2D eigenvalue weighted by Gasteiger charge is -2.53. The van der Waals surface area contributed by atoms with Gasteiger partial charge in [-0.2, -0.15) is 0 Å². The number of benzene rings is 2. The maximum atomic E-state index is 13.6. The van der Waals surface area contributed by atoms with E-state index in [9.17, 15) is 9.90 Å². The van der Waals surface area contributed by atoms with E-state index in [1.165, 1.54) is 6.26 Å². The lowest BCUT2D eigenvalue weighted by molar-refractivity contribution is -0.984. The fourth-order valence-corrected chi connectivity index (χ4v) is 5.51. The predicted molar refractivity (Wildman–Crippen MR) is 127 cm³/mol. The minimum Gasteiger partial charge on any atom is -1.00 e. The smallest absolute Gasteiger partial charge is 0.355 e. The van der Waals surface area contributed by atoms with E-state index in [1.54, 1.807) is 36.4 Å². The van der Waals surface area contributed by atoms with Crippen molar-refractivity contribution in [2.24, 2.45) is 5.92 Å². The summed E-state index contributed by atoms with van der Waals surface area (Å²) < 4.78 is 18.3. The van der Waals surface area contributed by atoms with Gasteiger partial charge >= 0.3 is 5.97 Å². The first kappa shape index (κ1) is 25.5. The second-order valence-electron chi connectivity index (χ2n) is 9.50. The third-order valence-electron chi connectivity index (χ3n) is 7.48. The van der Waals surface area contributed by atoms with Crippen molar-refractivity contribution < 1.29 is 45.3 Å². The molecule has 7 heteroatoms. The number of aliphatic hydroxyl groups is 1. The SMILES string of the molecule is O=C(OC1CC2CC[N+]1(CCCOc1ccccc1)CC2)C(O)(c1ccccc1)c1ccco1.[Br-]. The molecule has 3 aromatic rings. The fourth-order valence-electron chi connectivity index (χ4n) is 5.51. The van der Waals surface area contributed by atoms with Gasteiger partial charge in [0.05, 0.1) is 32.5 Å². The Morgan fingerprint density at radius 2 is 1.69 bits per heavy atom. The predicted octanol–water partition coefficient (Wildman–Crippen LogP) is 1.49. The van der Waals surface area contributed by atoms with E-state index in [0.717, 1.165) is 55.6 Å². The van der Waals surface area contributed by atoms with E-state index in [1.807, 2.05) is 36.4 Å². The van der Waals surface area contributed by atoms with E-state index in [0.29, 0.717) is 18.1 Å². The van der Waals surface area contributed by atoms with Crippen LogP contribution in [0.1, 0.15) is 37.0 Å². The number of hydrogen-bond donors (Lipinski definition) is 1. The molecule has 6 nitrogen and oxygen atoms in total. The molecular weight excluding hydrogens is 510 g/mol. The number of esters is 1. The molecule has 6 rings (SSSR count). The number of carbonyl (C=O) groups excluding carboxylic acids is 1. The van der Waals surface area contributed by atoms with Crippen LogP contribution in [0.4, 0.5) is 0 Å². The van der Waals surface area contributed by atoms with Gasteiger partial charge in [0.1, 0.15) is 5.75 Å². The molecule has 186 valence electrons. The van der Waals surface area contributed by atoms with Crippen LogP contribution in [0, 0.1) is 5.92 Å². The Morgan fingerprint density at radius 3 is 2.34 bits per heavy atom. The Morgan fingerprint density at radius 1 is 1.00 bits per heavy atom. The first-order valence-electron chi connectivity index (χ1n) is 12.2. The molecule has 2 atom stereocenters. The average Bonchev–Trinajstić information content (AvgIpc) is 3.44. The highest BCUT2D eigenvalue weighted by Gasteiger charge is 2.53. The standard InChI is InChI=1S/C28H32NO5.BrH/c30-27(28(31,25-13-7-19-33-25)23-9-3-1-4-10-23)34-26-21-22-14-17-29(26,18-15-22)16-8-20-32-24-11-5-2-6-12-24;/h1-7,9-13,19,22,26,31H,8,14-18,20-21H2;1H/q+1;/p-1. The summed E-state index contributed by atoms with van der Waals surface area (Å²) in [4.78, 5) is 13.6. The summed E-state index contributed by atoms with van der Waals surface area (Å²) in [5, 5.41) is 11.6. The minimum absolute atomic E-state index is 0. The van der Waals surface area contributed by atoms with Crippen LogP contribution in [0.25, 0.3) is 0 Å². The fraction of sp³-hybridized carbons (Fsp3) is 0.393. The van der Waals surface area contributed by atoms with Gasteiger partial charge in [-0.05, 0) is 30.2 Å². The van der Waals surface area contributed by atoms with Crippen molar-refractivity contribution in [1.82, 2.24) is 0 Å². The van der Waals surface area contributed by atoms with Gasteiger partial charge in [-0.25, -0.2) is 4.79 Å². The Bertz CT molecular complexity index is 1070. The number of furan rings is 1. The van der Waals surface area contributed by atoms with E-state index in [4.69, 9.17) is 13.9 Å². The number of ether oxygens (including phenoxy) is 2. The Kier molecular flexibility index (Phi) is 7.99. The van der Waals surface area contributed by atoms with E-state index in [-0.39, 0.29) is 29.0 Å². The van der Waals surface area contributed by atoms with Crippen molar-refractivity contribution in [3.05, 3.63) is 90.4 Å². The number of piperidine rings is 3. The maximum absolute atomic E-state index is 13.6. The van der Waals surface area contributed by atoms with Crippen molar-refractivity contribution in [2.75, 3.05) is 26.2 Å². The molecule has 1 aromatic heterocycles. The molecule has 3 fully saturated rings. The average molecular weight is 542 g/mol. The van der Waals surface area contributed by atoms with Gasteiger partial charge < -0.3 is 36.0 Å². The van der Waals surface area contributed by atoms with Crippen molar-refractivity contribution in [3.63, 3.8) is 0 Å². The molecule has 4 heterocycles. The summed E-state index contributed by atoms with van der Waals surface area (Å²) in [6.45, 7) is 3.47. The number of para-hydroxylation sites is 1. The molecular formula is C28H32BrNO5. The largest absolute Gasteiger partial charge is 1.00 e. The van der Waals surface area contributed by atoms with Gasteiger partial charge in [0.2, 0.25) is 11.8 Å². The Labute approximate surface area is 216 Å². The van der Waals surface area contributed by atoms with Crippen molar-refractivity contribution in [2.45, 2.75) is 37.5 Å². The number of fused-ring (bicyclic) bond motifs is 3. The van der Waals surface area contributed by atoms with Gasteiger partial charge in [-0.15, -0.1) is 0 Å². The maximum Gasteiger partial charge on any atom is 0.355 e. The molecule has 0 saturated carbocycles. The molecule has 2 unspecified atom stereocenters. The third kappa shape index (κ3) is 5.17. The highest BCUT2D eigenvalue weighted by atomic mass is 79.9. The minimum atomic E-state index is -1.98. The number of hydrogen-bond acceptors (Lipinski definition) is 5. The zero-order valence-electron chi connectivity index (χ0n) is 19.7. The molecule has 2 aromatic carbocycles. The van der Waals surface area contributed by atoms with E-state index < -0.39 is 11.6 Å². The molecule has 3 aliphatic heterocycles. The summed E-state index contributed by atoms with van der Waals surface area (Å²) in [5.41, 5.74) is -1.54. The molecule has 3 aliphatic rings. The van der Waals surface area contributed by atoms with Crippen LogP contribution < -0.4 is 21.7 Å². The molecule has 0 spiro atoms. The Balaban J connectivity index is 0.00000289. The van der Waals surface area contributed by atoms with Crippen LogP contribution >= 0.6 is 0 Å². The molecule has 2 bridgehead atoms. The van der Waals surface area contributed by atoms with Crippen LogP contribution in [-0.2, 0) is 15.1 Å². The third-order valence-corrected chi connectivity index (χ3v) is 7.48. The van der Waals surface area contributed by atoms with Crippen LogP contribution in [0.15, 0.2) is 83.5 Å². The number of halogens is 1. The van der Waals surface area contributed by atoms with Gasteiger partial charge in [0.15, 0.2) is 5.76 Å².